The van der Waals surface area contributed by atoms with Gasteiger partial charge in [-0.25, -0.2) is 14.8 Å². The van der Waals surface area contributed by atoms with Crippen molar-refractivity contribution in [3.8, 4) is 0 Å². The van der Waals surface area contributed by atoms with E-state index in [0.717, 1.165) is 76.3 Å². The van der Waals surface area contributed by atoms with Crippen molar-refractivity contribution in [3.63, 3.8) is 0 Å². The van der Waals surface area contributed by atoms with Crippen molar-refractivity contribution in [2.45, 2.75) is 51.1 Å². The molecule has 0 bridgehead atoms. The summed E-state index contributed by atoms with van der Waals surface area (Å²) < 4.78 is 5.47. The zero-order chi connectivity index (χ0) is 20.3. The molecule has 4 heterocycles. The normalized spacial score (nSPS) is 22.2. The van der Waals surface area contributed by atoms with Gasteiger partial charge in [0.1, 0.15) is 5.82 Å². The summed E-state index contributed by atoms with van der Waals surface area (Å²) in [5, 5.41) is 0. The molecule has 6 heteroatoms. The molecule has 3 aliphatic rings. The fourth-order valence-electron chi connectivity index (χ4n) is 5.01. The molecule has 3 aliphatic heterocycles. The zero-order valence-electron chi connectivity index (χ0n) is 17.5. The van der Waals surface area contributed by atoms with Crippen molar-refractivity contribution < 1.29 is 9.53 Å². The maximum atomic E-state index is 13.4. The maximum absolute atomic E-state index is 13.4. The number of likely N-dealkylation sites (tertiary alicyclic amines) is 1. The highest BCUT2D eigenvalue weighted by molar-refractivity contribution is 5.75. The number of hydrogen-bond acceptors (Lipinski definition) is 4. The Labute approximate surface area is 178 Å². The number of hydrogen-bond donors (Lipinski definition) is 0. The van der Waals surface area contributed by atoms with Crippen LogP contribution in [0.25, 0.3) is 0 Å². The summed E-state index contributed by atoms with van der Waals surface area (Å²) in [7, 11) is 0. The first-order valence-electron chi connectivity index (χ1n) is 11.3. The molecule has 1 aromatic carbocycles. The Bertz CT molecular complexity index is 882. The lowest BCUT2D eigenvalue weighted by Crippen LogP contribution is -2.45. The third-order valence-electron chi connectivity index (χ3n) is 6.76. The van der Waals surface area contributed by atoms with E-state index in [-0.39, 0.29) is 12.1 Å². The van der Waals surface area contributed by atoms with Gasteiger partial charge in [0.15, 0.2) is 0 Å². The summed E-state index contributed by atoms with van der Waals surface area (Å²) in [5.74, 6) is 1.52. The second-order valence-corrected chi connectivity index (χ2v) is 8.73. The Balaban J connectivity index is 1.28. The number of fused-ring (bicyclic) bond motifs is 1. The molecule has 0 saturated carbocycles. The highest BCUT2D eigenvalue weighted by Gasteiger charge is 2.34. The molecule has 2 fully saturated rings. The van der Waals surface area contributed by atoms with Crippen molar-refractivity contribution in [2.75, 3.05) is 26.3 Å². The van der Waals surface area contributed by atoms with Gasteiger partial charge in [-0.15, -0.1) is 0 Å². The predicted octanol–water partition coefficient (Wildman–Crippen LogP) is 3.76. The average Bonchev–Trinajstić information content (AvgIpc) is 3.29. The Kier molecular flexibility index (Phi) is 5.67. The molecule has 0 unspecified atom stereocenters. The molecular formula is C24H30N4O2. The van der Waals surface area contributed by atoms with Crippen LogP contribution in [-0.4, -0.2) is 52.1 Å². The second kappa shape index (κ2) is 8.72. The van der Waals surface area contributed by atoms with E-state index in [1.807, 2.05) is 17.2 Å². The molecule has 1 aromatic heterocycles. The number of nitrogens with zero attached hydrogens (tertiary/aromatic N) is 4. The minimum atomic E-state index is 0.150. The summed E-state index contributed by atoms with van der Waals surface area (Å²) in [5.41, 5.74) is 3.46. The minimum absolute atomic E-state index is 0.150. The first kappa shape index (κ1) is 19.5. The maximum Gasteiger partial charge on any atom is 0.320 e. The van der Waals surface area contributed by atoms with Gasteiger partial charge < -0.3 is 14.5 Å². The highest BCUT2D eigenvalue weighted by atomic mass is 16.5. The van der Waals surface area contributed by atoms with Crippen LogP contribution in [0.15, 0.2) is 36.5 Å². The zero-order valence-corrected chi connectivity index (χ0v) is 17.5. The van der Waals surface area contributed by atoms with Crippen LogP contribution in [0.2, 0.25) is 0 Å². The quantitative estimate of drug-likeness (QED) is 0.779. The summed E-state index contributed by atoms with van der Waals surface area (Å²) in [6.45, 7) is 3.86. The van der Waals surface area contributed by atoms with Gasteiger partial charge in [0.25, 0.3) is 0 Å². The van der Waals surface area contributed by atoms with Crippen molar-refractivity contribution >= 4 is 6.03 Å². The van der Waals surface area contributed by atoms with Crippen LogP contribution < -0.4 is 0 Å². The number of urea groups is 1. The lowest BCUT2D eigenvalue weighted by molar-refractivity contribution is 0.0659. The summed E-state index contributed by atoms with van der Waals surface area (Å²) in [6.07, 6.45) is 8.00. The van der Waals surface area contributed by atoms with E-state index in [1.54, 1.807) is 0 Å². The molecule has 2 amide bonds. The van der Waals surface area contributed by atoms with Crippen LogP contribution in [0.5, 0.6) is 0 Å². The fourth-order valence-corrected chi connectivity index (χ4v) is 5.01. The van der Waals surface area contributed by atoms with Crippen LogP contribution in [0.3, 0.4) is 0 Å². The van der Waals surface area contributed by atoms with Gasteiger partial charge in [-0.05, 0) is 49.1 Å². The van der Waals surface area contributed by atoms with Crippen LogP contribution >= 0.6 is 0 Å². The van der Waals surface area contributed by atoms with Gasteiger partial charge >= 0.3 is 6.03 Å². The fraction of sp³-hybridized carbons (Fsp3) is 0.542. The van der Waals surface area contributed by atoms with Crippen molar-refractivity contribution in [1.29, 1.82) is 0 Å². The number of rotatable bonds is 3. The van der Waals surface area contributed by atoms with E-state index in [9.17, 15) is 4.79 Å². The topological polar surface area (TPSA) is 58.6 Å². The molecule has 2 aromatic rings. The van der Waals surface area contributed by atoms with Crippen LogP contribution in [-0.2, 0) is 24.1 Å². The van der Waals surface area contributed by atoms with Gasteiger partial charge in [0.05, 0.1) is 18.3 Å². The third kappa shape index (κ3) is 4.06. The first-order chi connectivity index (χ1) is 14.8. The number of carbonyl (C=O) groups is 1. The number of benzene rings is 1. The van der Waals surface area contributed by atoms with E-state index >= 15 is 0 Å². The number of amides is 2. The predicted molar refractivity (Wildman–Crippen MR) is 114 cm³/mol. The van der Waals surface area contributed by atoms with Crippen LogP contribution in [0, 0.1) is 5.92 Å². The number of ether oxygens (including phenoxy) is 1. The van der Waals surface area contributed by atoms with E-state index in [0.29, 0.717) is 12.5 Å². The number of aromatic nitrogens is 2. The molecular weight excluding hydrogens is 376 g/mol. The Morgan fingerprint density at radius 2 is 1.93 bits per heavy atom. The van der Waals surface area contributed by atoms with E-state index in [4.69, 9.17) is 9.72 Å². The van der Waals surface area contributed by atoms with E-state index in [2.05, 4.69) is 34.1 Å². The van der Waals surface area contributed by atoms with Gasteiger partial charge in [-0.1, -0.05) is 30.3 Å². The highest BCUT2D eigenvalue weighted by Crippen LogP contribution is 2.33. The first-order valence-corrected chi connectivity index (χ1v) is 11.3. The van der Waals surface area contributed by atoms with Crippen LogP contribution in [0.1, 0.15) is 54.4 Å². The smallest absolute Gasteiger partial charge is 0.320 e. The second-order valence-electron chi connectivity index (χ2n) is 8.73. The summed E-state index contributed by atoms with van der Waals surface area (Å²) in [4.78, 5) is 26.9. The lowest BCUT2D eigenvalue weighted by Gasteiger charge is -2.34. The van der Waals surface area contributed by atoms with Crippen molar-refractivity contribution in [2.24, 2.45) is 5.92 Å². The van der Waals surface area contributed by atoms with Crippen LogP contribution in [0.4, 0.5) is 4.79 Å². The molecule has 5 rings (SSSR count). The Morgan fingerprint density at radius 3 is 2.77 bits per heavy atom. The molecule has 2 saturated heterocycles. The minimum Gasteiger partial charge on any atom is -0.381 e. The summed E-state index contributed by atoms with van der Waals surface area (Å²) >= 11 is 0. The average molecular weight is 407 g/mol. The van der Waals surface area contributed by atoms with Crippen molar-refractivity contribution in [1.82, 2.24) is 19.8 Å². The molecule has 6 nitrogen and oxygen atoms in total. The molecule has 0 aliphatic carbocycles. The Hall–Kier alpha value is -2.47. The lowest BCUT2D eigenvalue weighted by atomic mass is 9.96. The third-order valence-corrected chi connectivity index (χ3v) is 6.76. The van der Waals surface area contributed by atoms with E-state index in [1.165, 1.54) is 11.1 Å². The van der Waals surface area contributed by atoms with Gasteiger partial charge in [0, 0.05) is 38.9 Å². The molecule has 1 atom stereocenters. The molecule has 30 heavy (non-hydrogen) atoms. The standard InChI is InChI=1S/C24H30N4O2/c29-24(28-11-4-7-22(28)19-5-2-1-3-6-19)27-12-8-20-16-25-23(26-21(20)17-27)15-18-9-13-30-14-10-18/h1-3,5-6,16,18,22H,4,7-15,17H2/t22-/m1/s1. The van der Waals surface area contributed by atoms with Gasteiger partial charge in [0.2, 0.25) is 0 Å². The monoisotopic (exact) mass is 406 g/mol. The molecule has 0 radical (unpaired) electrons. The van der Waals surface area contributed by atoms with Crippen molar-refractivity contribution in [3.05, 3.63) is 59.2 Å². The van der Waals surface area contributed by atoms with Gasteiger partial charge in [-0.3, -0.25) is 0 Å². The summed E-state index contributed by atoms with van der Waals surface area (Å²) in [6, 6.07) is 10.8. The molecule has 0 N–H and O–H groups in total. The molecule has 158 valence electrons. The Morgan fingerprint density at radius 1 is 1.10 bits per heavy atom. The van der Waals surface area contributed by atoms with Gasteiger partial charge in [-0.2, -0.15) is 0 Å². The largest absolute Gasteiger partial charge is 0.381 e. The number of carbonyl (C=O) groups excluding carboxylic acids is 1. The molecule has 0 spiro atoms. The SMILES string of the molecule is O=C(N1CCc2cnc(CC3CCOCC3)nc2C1)N1CCC[C@@H]1c1ccccc1. The van der Waals surface area contributed by atoms with E-state index < -0.39 is 0 Å².